The quantitative estimate of drug-likeness (QED) is 0.686. The van der Waals surface area contributed by atoms with Crippen LogP contribution in [0.25, 0.3) is 0 Å². The Morgan fingerprint density at radius 1 is 1.08 bits per heavy atom. The van der Waals surface area contributed by atoms with E-state index in [1.807, 2.05) is 55.5 Å². The molecule has 0 fully saturated rings. The lowest BCUT2D eigenvalue weighted by atomic mass is 10.2. The van der Waals surface area contributed by atoms with Gasteiger partial charge in [-0.2, -0.15) is 0 Å². The van der Waals surface area contributed by atoms with Crippen molar-refractivity contribution in [1.29, 1.82) is 0 Å². The Balaban J connectivity index is 1.61. The summed E-state index contributed by atoms with van der Waals surface area (Å²) in [5.74, 6) is 0.503. The third-order valence-electron chi connectivity index (χ3n) is 3.72. The lowest BCUT2D eigenvalue weighted by Crippen LogP contribution is -2.12. The maximum absolute atomic E-state index is 12.3. The number of aryl methyl sites for hydroxylation is 1. The van der Waals surface area contributed by atoms with Crippen molar-refractivity contribution in [2.24, 2.45) is 0 Å². The second kappa shape index (κ2) is 7.81. The van der Waals surface area contributed by atoms with Gasteiger partial charge in [-0.05, 0) is 48.4 Å². The molecule has 2 N–H and O–H groups in total. The Bertz CT molecular complexity index is 878. The predicted molar refractivity (Wildman–Crippen MR) is 102 cm³/mol. The molecule has 0 aliphatic heterocycles. The van der Waals surface area contributed by atoms with Crippen molar-refractivity contribution in [3.8, 4) is 0 Å². The number of benzene rings is 2. The molecule has 1 aromatic heterocycles. The predicted octanol–water partition coefficient (Wildman–Crippen LogP) is 4.91. The van der Waals surface area contributed by atoms with Gasteiger partial charge in [0.1, 0.15) is 5.82 Å². The maximum Gasteiger partial charge on any atom is 0.257 e. The highest BCUT2D eigenvalue weighted by molar-refractivity contribution is 6.31. The number of nitrogens with one attached hydrogen (secondary N) is 2. The number of aromatic nitrogens is 1. The Morgan fingerprint density at radius 3 is 2.64 bits per heavy atom. The molecule has 0 bridgehead atoms. The molecule has 5 heteroatoms. The number of hydrogen-bond donors (Lipinski definition) is 2. The van der Waals surface area contributed by atoms with Crippen molar-refractivity contribution in [1.82, 2.24) is 4.98 Å². The molecule has 0 aliphatic rings. The summed E-state index contributed by atoms with van der Waals surface area (Å²) in [6, 6.07) is 18.8. The van der Waals surface area contributed by atoms with Crippen LogP contribution in [0.3, 0.4) is 0 Å². The Labute approximate surface area is 151 Å². The van der Waals surface area contributed by atoms with Gasteiger partial charge in [-0.25, -0.2) is 4.98 Å². The highest BCUT2D eigenvalue weighted by Crippen LogP contribution is 2.17. The van der Waals surface area contributed by atoms with E-state index in [9.17, 15) is 4.79 Å². The van der Waals surface area contributed by atoms with Gasteiger partial charge < -0.3 is 10.6 Å². The molecule has 4 nitrogen and oxygen atoms in total. The van der Waals surface area contributed by atoms with Crippen LogP contribution >= 0.6 is 11.6 Å². The van der Waals surface area contributed by atoms with Gasteiger partial charge in [0.15, 0.2) is 0 Å². The van der Waals surface area contributed by atoms with E-state index in [1.54, 1.807) is 18.3 Å². The molecule has 0 atom stereocenters. The van der Waals surface area contributed by atoms with Gasteiger partial charge >= 0.3 is 0 Å². The second-order valence-corrected chi connectivity index (χ2v) is 6.11. The van der Waals surface area contributed by atoms with E-state index in [-0.39, 0.29) is 5.91 Å². The highest BCUT2D eigenvalue weighted by Gasteiger charge is 2.07. The van der Waals surface area contributed by atoms with E-state index >= 15 is 0 Å². The number of amides is 1. The van der Waals surface area contributed by atoms with Crippen molar-refractivity contribution in [3.05, 3.63) is 88.6 Å². The van der Waals surface area contributed by atoms with Gasteiger partial charge in [0.05, 0.1) is 5.56 Å². The first kappa shape index (κ1) is 17.0. The summed E-state index contributed by atoms with van der Waals surface area (Å²) in [6.07, 6.45) is 1.56. The van der Waals surface area contributed by atoms with Crippen LogP contribution in [0.4, 0.5) is 11.5 Å². The number of carbonyl (C=O) groups is 1. The first-order valence-corrected chi connectivity index (χ1v) is 8.31. The fraction of sp³-hybridized carbons (Fsp3) is 0.100. The summed E-state index contributed by atoms with van der Waals surface area (Å²) in [5, 5.41) is 6.78. The van der Waals surface area contributed by atoms with Crippen LogP contribution in [-0.2, 0) is 6.54 Å². The van der Waals surface area contributed by atoms with E-state index < -0.39 is 0 Å². The average molecular weight is 352 g/mol. The van der Waals surface area contributed by atoms with Gasteiger partial charge in [0, 0.05) is 23.5 Å². The molecule has 0 saturated carbocycles. The smallest absolute Gasteiger partial charge is 0.257 e. The Kier molecular flexibility index (Phi) is 5.31. The number of carbonyl (C=O) groups excluding carboxylic acids is 1. The molecule has 25 heavy (non-hydrogen) atoms. The van der Waals surface area contributed by atoms with E-state index in [0.29, 0.717) is 22.9 Å². The van der Waals surface area contributed by atoms with Crippen LogP contribution in [0.5, 0.6) is 0 Å². The van der Waals surface area contributed by atoms with E-state index in [2.05, 4.69) is 15.6 Å². The van der Waals surface area contributed by atoms with Gasteiger partial charge in [-0.1, -0.05) is 41.9 Å². The van der Waals surface area contributed by atoms with Gasteiger partial charge in [-0.3, -0.25) is 4.79 Å². The van der Waals surface area contributed by atoms with Crippen molar-refractivity contribution >= 4 is 29.0 Å². The minimum absolute atomic E-state index is 0.184. The summed E-state index contributed by atoms with van der Waals surface area (Å²) in [5.41, 5.74) is 3.36. The second-order valence-electron chi connectivity index (χ2n) is 5.70. The average Bonchev–Trinajstić information content (AvgIpc) is 2.61. The fourth-order valence-corrected chi connectivity index (χ4v) is 2.59. The zero-order valence-electron chi connectivity index (χ0n) is 13.8. The Hall–Kier alpha value is -2.85. The van der Waals surface area contributed by atoms with Crippen molar-refractivity contribution in [2.45, 2.75) is 13.5 Å². The molecule has 0 spiro atoms. The van der Waals surface area contributed by atoms with E-state index in [1.165, 1.54) is 0 Å². The minimum atomic E-state index is -0.184. The van der Waals surface area contributed by atoms with Crippen LogP contribution in [0, 0.1) is 6.92 Å². The molecule has 126 valence electrons. The number of nitrogens with zero attached hydrogens (tertiary/aromatic N) is 1. The summed E-state index contributed by atoms with van der Waals surface area (Å²) < 4.78 is 0. The largest absolute Gasteiger partial charge is 0.366 e. The molecule has 2 aromatic carbocycles. The summed E-state index contributed by atoms with van der Waals surface area (Å²) in [7, 11) is 0. The van der Waals surface area contributed by atoms with Crippen molar-refractivity contribution in [2.75, 3.05) is 10.6 Å². The van der Waals surface area contributed by atoms with Crippen molar-refractivity contribution < 1.29 is 4.79 Å². The van der Waals surface area contributed by atoms with Gasteiger partial charge in [-0.15, -0.1) is 0 Å². The van der Waals surface area contributed by atoms with Gasteiger partial charge in [0.2, 0.25) is 0 Å². The minimum Gasteiger partial charge on any atom is -0.366 e. The summed E-state index contributed by atoms with van der Waals surface area (Å²) >= 11 is 6.13. The van der Waals surface area contributed by atoms with Gasteiger partial charge in [0.25, 0.3) is 5.91 Å². The van der Waals surface area contributed by atoms with Crippen LogP contribution in [0.1, 0.15) is 21.5 Å². The van der Waals surface area contributed by atoms with Crippen LogP contribution in [0.2, 0.25) is 5.02 Å². The maximum atomic E-state index is 12.3. The van der Waals surface area contributed by atoms with Crippen LogP contribution in [0.15, 0.2) is 66.9 Å². The molecule has 0 unspecified atom stereocenters. The third-order valence-corrected chi connectivity index (χ3v) is 4.09. The monoisotopic (exact) mass is 351 g/mol. The number of halogens is 1. The molecule has 1 amide bonds. The number of hydrogen-bond acceptors (Lipinski definition) is 3. The summed E-state index contributed by atoms with van der Waals surface area (Å²) in [4.78, 5) is 16.6. The van der Waals surface area contributed by atoms with Crippen LogP contribution < -0.4 is 10.6 Å². The standard InChI is InChI=1S/C20H18ClN3O/c1-14-5-4-7-17(11-14)24-20(25)16-9-10-19(23-13-16)22-12-15-6-2-3-8-18(15)21/h2-11,13H,12H2,1H3,(H,22,23)(H,24,25). The zero-order valence-corrected chi connectivity index (χ0v) is 14.5. The normalized spacial score (nSPS) is 10.3. The van der Waals surface area contributed by atoms with E-state index in [0.717, 1.165) is 16.8 Å². The molecule has 3 rings (SSSR count). The zero-order chi connectivity index (χ0) is 17.6. The molecule has 0 saturated heterocycles. The molecular weight excluding hydrogens is 334 g/mol. The highest BCUT2D eigenvalue weighted by atomic mass is 35.5. The summed E-state index contributed by atoms with van der Waals surface area (Å²) in [6.45, 7) is 2.55. The number of rotatable bonds is 5. The topological polar surface area (TPSA) is 54.0 Å². The van der Waals surface area contributed by atoms with E-state index in [4.69, 9.17) is 11.6 Å². The lowest BCUT2D eigenvalue weighted by molar-refractivity contribution is 0.102. The first-order valence-electron chi connectivity index (χ1n) is 7.93. The van der Waals surface area contributed by atoms with Crippen LogP contribution in [-0.4, -0.2) is 10.9 Å². The first-order chi connectivity index (χ1) is 12.1. The lowest BCUT2D eigenvalue weighted by Gasteiger charge is -2.09. The molecule has 1 heterocycles. The molecule has 0 aliphatic carbocycles. The SMILES string of the molecule is Cc1cccc(NC(=O)c2ccc(NCc3ccccc3Cl)nc2)c1. The molecule has 0 radical (unpaired) electrons. The molecule has 3 aromatic rings. The Morgan fingerprint density at radius 2 is 1.92 bits per heavy atom. The number of anilines is 2. The third kappa shape index (κ3) is 4.58. The fourth-order valence-electron chi connectivity index (χ4n) is 2.39. The molecular formula is C20H18ClN3O. The van der Waals surface area contributed by atoms with Crippen molar-refractivity contribution in [3.63, 3.8) is 0 Å². The number of pyridine rings is 1.